The van der Waals surface area contributed by atoms with Gasteiger partial charge in [0.2, 0.25) is 0 Å². The highest BCUT2D eigenvalue weighted by atomic mass is 16.4. The zero-order valence-electron chi connectivity index (χ0n) is 13.8. The topological polar surface area (TPSA) is 149 Å². The molecular weight excluding hydrogens is 332 g/mol. The molecule has 4 N–H and O–H groups in total. The molecule has 6 atom stereocenters. The molecule has 0 aliphatic heterocycles. The predicted molar refractivity (Wildman–Crippen MR) is 83.8 cm³/mol. The summed E-state index contributed by atoms with van der Waals surface area (Å²) in [5.41, 5.74) is 0. The summed E-state index contributed by atoms with van der Waals surface area (Å²) >= 11 is 0. The average Bonchev–Trinajstić information content (AvgIpc) is 3.16. The van der Waals surface area contributed by atoms with Crippen molar-refractivity contribution in [2.75, 3.05) is 0 Å². The summed E-state index contributed by atoms with van der Waals surface area (Å²) in [6.45, 7) is 0. The van der Waals surface area contributed by atoms with Gasteiger partial charge < -0.3 is 20.4 Å². The van der Waals surface area contributed by atoms with Gasteiger partial charge in [0.05, 0.1) is 23.7 Å². The fourth-order valence-electron chi connectivity index (χ4n) is 4.72. The van der Waals surface area contributed by atoms with Crippen molar-refractivity contribution in [2.45, 2.75) is 44.9 Å². The molecule has 0 spiro atoms. The Hall–Kier alpha value is -2.12. The molecule has 0 saturated heterocycles. The SMILES string of the molecule is O=C(O)C1C2CCC(C2)C1C(=O)O.O=C(O)C1CCCCC1C(=O)O. The minimum absolute atomic E-state index is 0.114. The Bertz CT molecular complexity index is 509. The van der Waals surface area contributed by atoms with Crippen LogP contribution in [0.2, 0.25) is 0 Å². The molecule has 0 aromatic rings. The van der Waals surface area contributed by atoms with E-state index < -0.39 is 47.5 Å². The van der Waals surface area contributed by atoms with Gasteiger partial charge in [-0.2, -0.15) is 0 Å². The molecular formula is C17H24O8. The van der Waals surface area contributed by atoms with Gasteiger partial charge in [0.25, 0.3) is 0 Å². The molecule has 2 bridgehead atoms. The Morgan fingerprint density at radius 3 is 1.20 bits per heavy atom. The maximum atomic E-state index is 10.8. The van der Waals surface area contributed by atoms with E-state index >= 15 is 0 Å². The molecule has 3 fully saturated rings. The number of fused-ring (bicyclic) bond motifs is 2. The van der Waals surface area contributed by atoms with Crippen LogP contribution in [0.25, 0.3) is 0 Å². The summed E-state index contributed by atoms with van der Waals surface area (Å²) < 4.78 is 0. The first-order valence-corrected chi connectivity index (χ1v) is 8.65. The van der Waals surface area contributed by atoms with Crippen LogP contribution in [0.1, 0.15) is 44.9 Å². The van der Waals surface area contributed by atoms with Gasteiger partial charge in [-0.1, -0.05) is 12.8 Å². The molecule has 3 rings (SSSR count). The van der Waals surface area contributed by atoms with E-state index in [1.54, 1.807) is 0 Å². The molecule has 3 aliphatic carbocycles. The van der Waals surface area contributed by atoms with Crippen LogP contribution in [0.3, 0.4) is 0 Å². The van der Waals surface area contributed by atoms with Crippen LogP contribution < -0.4 is 0 Å². The standard InChI is InChI=1S/C9H12O4.C8H12O4/c10-8(11)6-4-1-2-5(3-4)7(6)9(12)13;9-7(10)5-3-1-2-4-6(5)8(11)12/h4-7H,1-3H2,(H,10,11)(H,12,13);5-6H,1-4H2,(H,9,10)(H,11,12). The van der Waals surface area contributed by atoms with Crippen LogP contribution in [0.5, 0.6) is 0 Å². The van der Waals surface area contributed by atoms with Crippen LogP contribution in [0.15, 0.2) is 0 Å². The first kappa shape index (κ1) is 19.2. The van der Waals surface area contributed by atoms with Crippen LogP contribution in [0.4, 0.5) is 0 Å². The monoisotopic (exact) mass is 356 g/mol. The van der Waals surface area contributed by atoms with Crippen molar-refractivity contribution in [1.82, 2.24) is 0 Å². The number of rotatable bonds is 4. The normalized spacial score (nSPS) is 36.2. The first-order valence-electron chi connectivity index (χ1n) is 8.65. The molecule has 0 aromatic carbocycles. The fourth-order valence-corrected chi connectivity index (χ4v) is 4.72. The Kier molecular flexibility index (Phi) is 6.02. The molecule has 6 unspecified atom stereocenters. The van der Waals surface area contributed by atoms with Crippen LogP contribution in [-0.2, 0) is 19.2 Å². The van der Waals surface area contributed by atoms with E-state index in [1.165, 1.54) is 0 Å². The third kappa shape index (κ3) is 4.11. The highest BCUT2D eigenvalue weighted by Gasteiger charge is 2.54. The van der Waals surface area contributed by atoms with E-state index in [2.05, 4.69) is 0 Å². The molecule has 0 heterocycles. The molecule has 140 valence electrons. The quantitative estimate of drug-likeness (QED) is 0.595. The van der Waals surface area contributed by atoms with Gasteiger partial charge in [0.15, 0.2) is 0 Å². The van der Waals surface area contributed by atoms with Crippen molar-refractivity contribution < 1.29 is 39.6 Å². The van der Waals surface area contributed by atoms with E-state index in [4.69, 9.17) is 20.4 Å². The van der Waals surface area contributed by atoms with Crippen molar-refractivity contribution in [3.8, 4) is 0 Å². The van der Waals surface area contributed by atoms with Gasteiger partial charge in [0.1, 0.15) is 0 Å². The van der Waals surface area contributed by atoms with Crippen molar-refractivity contribution >= 4 is 23.9 Å². The van der Waals surface area contributed by atoms with Crippen LogP contribution in [-0.4, -0.2) is 44.3 Å². The third-order valence-corrected chi connectivity index (χ3v) is 5.89. The summed E-state index contributed by atoms with van der Waals surface area (Å²) in [5, 5.41) is 35.2. The van der Waals surface area contributed by atoms with E-state index in [-0.39, 0.29) is 11.8 Å². The van der Waals surface area contributed by atoms with Gasteiger partial charge in [-0.15, -0.1) is 0 Å². The van der Waals surface area contributed by atoms with Gasteiger partial charge in [-0.25, -0.2) is 0 Å². The lowest BCUT2D eigenvalue weighted by Crippen LogP contribution is -2.34. The lowest BCUT2D eigenvalue weighted by Gasteiger charge is -2.24. The Balaban J connectivity index is 0.000000181. The molecule has 3 aliphatic rings. The van der Waals surface area contributed by atoms with Crippen LogP contribution in [0, 0.1) is 35.5 Å². The summed E-state index contributed by atoms with van der Waals surface area (Å²) in [5.74, 6) is -6.17. The lowest BCUT2D eigenvalue weighted by molar-refractivity contribution is -0.156. The number of aliphatic carboxylic acids is 4. The lowest BCUT2D eigenvalue weighted by atomic mass is 9.79. The number of carboxylic acid groups (broad SMARTS) is 4. The molecule has 25 heavy (non-hydrogen) atoms. The minimum Gasteiger partial charge on any atom is -0.481 e. The van der Waals surface area contributed by atoms with Crippen LogP contribution >= 0.6 is 0 Å². The molecule has 3 saturated carbocycles. The summed E-state index contributed by atoms with van der Waals surface area (Å²) in [7, 11) is 0. The second kappa shape index (κ2) is 7.84. The van der Waals surface area contributed by atoms with E-state index in [0.29, 0.717) is 12.8 Å². The van der Waals surface area contributed by atoms with Gasteiger partial charge in [-0.05, 0) is 43.9 Å². The fraction of sp³-hybridized carbons (Fsp3) is 0.765. The number of hydrogen-bond donors (Lipinski definition) is 4. The van der Waals surface area contributed by atoms with Crippen molar-refractivity contribution in [1.29, 1.82) is 0 Å². The molecule has 0 aromatic heterocycles. The van der Waals surface area contributed by atoms with E-state index in [1.807, 2.05) is 0 Å². The van der Waals surface area contributed by atoms with Crippen molar-refractivity contribution in [3.63, 3.8) is 0 Å². The van der Waals surface area contributed by atoms with E-state index in [0.717, 1.165) is 32.1 Å². The molecule has 0 amide bonds. The minimum atomic E-state index is -0.970. The zero-order chi connectivity index (χ0) is 18.7. The average molecular weight is 356 g/mol. The summed E-state index contributed by atoms with van der Waals surface area (Å²) in [6, 6.07) is 0. The van der Waals surface area contributed by atoms with Crippen molar-refractivity contribution in [2.24, 2.45) is 35.5 Å². The Labute approximate surface area is 144 Å². The third-order valence-electron chi connectivity index (χ3n) is 5.89. The molecule has 8 heteroatoms. The highest BCUT2D eigenvalue weighted by Crippen LogP contribution is 2.52. The highest BCUT2D eigenvalue weighted by molar-refractivity contribution is 5.81. The number of hydrogen-bond acceptors (Lipinski definition) is 4. The molecule has 0 radical (unpaired) electrons. The predicted octanol–water partition coefficient (Wildman–Crippen LogP) is 1.78. The Morgan fingerprint density at radius 1 is 0.560 bits per heavy atom. The number of carboxylic acids is 4. The smallest absolute Gasteiger partial charge is 0.307 e. The molecule has 8 nitrogen and oxygen atoms in total. The maximum absolute atomic E-state index is 10.8. The zero-order valence-corrected chi connectivity index (χ0v) is 13.8. The largest absolute Gasteiger partial charge is 0.481 e. The van der Waals surface area contributed by atoms with Gasteiger partial charge in [-0.3, -0.25) is 19.2 Å². The first-order chi connectivity index (χ1) is 11.7. The van der Waals surface area contributed by atoms with Gasteiger partial charge in [0, 0.05) is 0 Å². The summed E-state index contributed by atoms with van der Waals surface area (Å²) in [4.78, 5) is 42.9. The second-order valence-electron chi connectivity index (χ2n) is 7.24. The second-order valence-corrected chi connectivity index (χ2v) is 7.24. The van der Waals surface area contributed by atoms with E-state index in [9.17, 15) is 19.2 Å². The van der Waals surface area contributed by atoms with Gasteiger partial charge >= 0.3 is 23.9 Å². The van der Waals surface area contributed by atoms with Crippen molar-refractivity contribution in [3.05, 3.63) is 0 Å². The number of carbonyl (C=O) groups is 4. The summed E-state index contributed by atoms with van der Waals surface area (Å²) in [6.07, 6.45) is 5.27. The maximum Gasteiger partial charge on any atom is 0.307 e. The Morgan fingerprint density at radius 2 is 0.920 bits per heavy atom.